The van der Waals surface area contributed by atoms with Crippen molar-refractivity contribution in [2.24, 2.45) is 5.92 Å². The summed E-state index contributed by atoms with van der Waals surface area (Å²) in [7, 11) is 0. The molecule has 2 aromatic rings. The van der Waals surface area contributed by atoms with Gasteiger partial charge in [0, 0.05) is 0 Å². The lowest BCUT2D eigenvalue weighted by molar-refractivity contribution is 0.569. The van der Waals surface area contributed by atoms with E-state index in [2.05, 4.69) is 98.7 Å². The zero-order chi connectivity index (χ0) is 20.9. The normalized spacial score (nSPS) is 14.4. The van der Waals surface area contributed by atoms with Crippen LogP contribution in [0.5, 0.6) is 0 Å². The molecule has 150 valence electrons. The topological polar surface area (TPSA) is 0 Å². The highest BCUT2D eigenvalue weighted by Gasteiger charge is 2.24. The highest BCUT2D eigenvalue weighted by atomic mass is 14.3. The lowest BCUT2D eigenvalue weighted by Crippen LogP contribution is -2.16. The molecule has 28 heavy (non-hydrogen) atoms. The number of fused-ring (bicyclic) bond motifs is 1. The molecule has 0 heteroatoms. The largest absolute Gasteiger partial charge is 0.0649 e. The Balaban J connectivity index is 2.23. The summed E-state index contributed by atoms with van der Waals surface area (Å²) in [5, 5.41) is 0. The van der Waals surface area contributed by atoms with Crippen molar-refractivity contribution in [1.82, 2.24) is 0 Å². The molecule has 0 aliphatic heterocycles. The molecule has 0 atom stereocenters. The average molecular weight is 375 g/mol. The van der Waals surface area contributed by atoms with Crippen LogP contribution in [0.1, 0.15) is 89.6 Å². The van der Waals surface area contributed by atoms with Crippen LogP contribution in [-0.2, 0) is 17.3 Å². The van der Waals surface area contributed by atoms with Crippen LogP contribution < -0.4 is 0 Å². The van der Waals surface area contributed by atoms with Gasteiger partial charge in [0.25, 0.3) is 0 Å². The van der Waals surface area contributed by atoms with E-state index in [4.69, 9.17) is 0 Å². The first-order chi connectivity index (χ1) is 12.9. The molecule has 1 aliphatic rings. The van der Waals surface area contributed by atoms with Gasteiger partial charge in [0.05, 0.1) is 0 Å². The summed E-state index contributed by atoms with van der Waals surface area (Å²) in [4.78, 5) is 0. The van der Waals surface area contributed by atoms with Crippen molar-refractivity contribution in [1.29, 1.82) is 0 Å². The minimum Gasteiger partial charge on any atom is -0.0649 e. The van der Waals surface area contributed by atoms with E-state index >= 15 is 0 Å². The Morgan fingerprint density at radius 3 is 1.93 bits per heavy atom. The van der Waals surface area contributed by atoms with Crippen LogP contribution in [-0.4, -0.2) is 0 Å². The Bertz CT molecular complexity index is 876. The summed E-state index contributed by atoms with van der Waals surface area (Å²) in [6.07, 6.45) is 4.80. The van der Waals surface area contributed by atoms with Crippen LogP contribution >= 0.6 is 0 Å². The van der Waals surface area contributed by atoms with Crippen LogP contribution in [0, 0.1) is 12.8 Å². The van der Waals surface area contributed by atoms with E-state index < -0.39 is 0 Å². The van der Waals surface area contributed by atoms with Crippen molar-refractivity contribution in [3.05, 3.63) is 63.7 Å². The van der Waals surface area contributed by atoms with Crippen molar-refractivity contribution < 1.29 is 0 Å². The van der Waals surface area contributed by atoms with E-state index in [1.54, 1.807) is 5.57 Å². The molecule has 3 rings (SSSR count). The van der Waals surface area contributed by atoms with Gasteiger partial charge in [-0.05, 0) is 75.5 Å². The zero-order valence-corrected chi connectivity index (χ0v) is 19.5. The minimum absolute atomic E-state index is 0.139. The van der Waals surface area contributed by atoms with Crippen molar-refractivity contribution in [3.8, 4) is 11.1 Å². The van der Waals surface area contributed by atoms with E-state index in [1.807, 2.05) is 0 Å². The Labute approximate surface area is 173 Å². The molecule has 0 bridgehead atoms. The van der Waals surface area contributed by atoms with Crippen LogP contribution in [0.15, 0.2) is 35.9 Å². The molecule has 0 nitrogen and oxygen atoms in total. The second kappa shape index (κ2) is 7.21. The van der Waals surface area contributed by atoms with Gasteiger partial charge >= 0.3 is 0 Å². The predicted octanol–water partition coefficient (Wildman–Crippen LogP) is 8.24. The SMILES string of the molecule is Cc1ccc2c(c1-c1cc(C(C)(C)C)cc(C(C)(C)C)c1)C=C(CC(C)C)C2. The summed E-state index contributed by atoms with van der Waals surface area (Å²) in [5.74, 6) is 0.710. The quantitative estimate of drug-likeness (QED) is 0.507. The van der Waals surface area contributed by atoms with Crippen LogP contribution in [0.25, 0.3) is 17.2 Å². The number of rotatable bonds is 3. The summed E-state index contributed by atoms with van der Waals surface area (Å²) in [6.45, 7) is 20.8. The zero-order valence-electron chi connectivity index (χ0n) is 19.5. The molecule has 0 unspecified atom stereocenters. The number of benzene rings is 2. The third-order valence-corrected chi connectivity index (χ3v) is 5.93. The minimum atomic E-state index is 0.139. The second-order valence-electron chi connectivity index (χ2n) is 11.2. The highest BCUT2D eigenvalue weighted by molar-refractivity contribution is 5.83. The predicted molar refractivity (Wildman–Crippen MR) is 125 cm³/mol. The molecule has 1 aliphatic carbocycles. The van der Waals surface area contributed by atoms with E-state index in [1.165, 1.54) is 45.4 Å². The molecular weight excluding hydrogens is 336 g/mol. The molecule has 2 aromatic carbocycles. The van der Waals surface area contributed by atoms with Gasteiger partial charge in [-0.2, -0.15) is 0 Å². The Hall–Kier alpha value is -1.82. The molecule has 0 N–H and O–H groups in total. The Morgan fingerprint density at radius 1 is 0.857 bits per heavy atom. The van der Waals surface area contributed by atoms with E-state index in [-0.39, 0.29) is 10.8 Å². The summed E-state index contributed by atoms with van der Waals surface area (Å²) >= 11 is 0. The molecule has 0 heterocycles. The van der Waals surface area contributed by atoms with Crippen LogP contribution in [0.3, 0.4) is 0 Å². The lowest BCUT2D eigenvalue weighted by Gasteiger charge is -2.27. The Morgan fingerprint density at radius 2 is 1.43 bits per heavy atom. The van der Waals surface area contributed by atoms with Gasteiger partial charge in [-0.25, -0.2) is 0 Å². The van der Waals surface area contributed by atoms with E-state index in [0.717, 1.165) is 6.42 Å². The monoisotopic (exact) mass is 374 g/mol. The van der Waals surface area contributed by atoms with Crippen molar-refractivity contribution in [2.75, 3.05) is 0 Å². The van der Waals surface area contributed by atoms with Gasteiger partial charge < -0.3 is 0 Å². The van der Waals surface area contributed by atoms with Gasteiger partial charge in [-0.15, -0.1) is 0 Å². The molecule has 0 saturated carbocycles. The van der Waals surface area contributed by atoms with Gasteiger partial charge in [0.1, 0.15) is 0 Å². The molecule has 0 fully saturated rings. The fraction of sp³-hybridized carbons (Fsp3) is 0.500. The molecule has 0 aromatic heterocycles. The lowest BCUT2D eigenvalue weighted by atomic mass is 9.78. The standard InChI is InChI=1S/C28H38/c1-18(2)12-20-13-21-11-10-19(3)26(25(21)14-20)22-15-23(27(4,5)6)17-24(16-22)28(7,8)9/h10-11,14-18H,12-13H2,1-9H3. The third kappa shape index (κ3) is 4.27. The highest BCUT2D eigenvalue weighted by Crippen LogP contribution is 2.41. The van der Waals surface area contributed by atoms with Crippen molar-refractivity contribution in [3.63, 3.8) is 0 Å². The van der Waals surface area contributed by atoms with Crippen molar-refractivity contribution in [2.45, 2.75) is 86.0 Å². The third-order valence-electron chi connectivity index (χ3n) is 5.93. The van der Waals surface area contributed by atoms with Gasteiger partial charge in [0.15, 0.2) is 0 Å². The second-order valence-corrected chi connectivity index (χ2v) is 11.2. The van der Waals surface area contributed by atoms with Gasteiger partial charge in [0.2, 0.25) is 0 Å². The fourth-order valence-electron chi connectivity index (χ4n) is 4.27. The first-order valence-corrected chi connectivity index (χ1v) is 10.8. The van der Waals surface area contributed by atoms with Gasteiger partial charge in [-0.1, -0.05) is 97.4 Å². The van der Waals surface area contributed by atoms with E-state index in [9.17, 15) is 0 Å². The number of hydrogen-bond acceptors (Lipinski definition) is 0. The number of aryl methyl sites for hydroxylation is 1. The maximum absolute atomic E-state index is 2.48. The molecule has 0 saturated heterocycles. The molecule has 0 spiro atoms. The fourth-order valence-corrected chi connectivity index (χ4v) is 4.27. The van der Waals surface area contributed by atoms with Crippen molar-refractivity contribution >= 4 is 6.08 Å². The first-order valence-electron chi connectivity index (χ1n) is 10.8. The smallest absolute Gasteiger partial charge is 0.00575 e. The maximum Gasteiger partial charge on any atom is -0.00575 e. The van der Waals surface area contributed by atoms with Crippen LogP contribution in [0.4, 0.5) is 0 Å². The summed E-state index contributed by atoms with van der Waals surface area (Å²) in [6, 6.07) is 12.0. The molecule has 0 radical (unpaired) electrons. The number of hydrogen-bond donors (Lipinski definition) is 0. The summed E-state index contributed by atoms with van der Waals surface area (Å²) in [5.41, 5.74) is 11.9. The average Bonchev–Trinajstić information content (AvgIpc) is 2.94. The Kier molecular flexibility index (Phi) is 5.38. The molecular formula is C28H38. The summed E-state index contributed by atoms with van der Waals surface area (Å²) < 4.78 is 0. The van der Waals surface area contributed by atoms with E-state index in [0.29, 0.717) is 5.92 Å². The number of allylic oxidation sites excluding steroid dienone is 1. The maximum atomic E-state index is 2.48. The molecule has 0 amide bonds. The van der Waals surface area contributed by atoms with Gasteiger partial charge in [-0.3, -0.25) is 0 Å². The van der Waals surface area contributed by atoms with Crippen LogP contribution in [0.2, 0.25) is 0 Å². The first kappa shape index (κ1) is 20.9.